The Balaban J connectivity index is 1.01. The van der Waals surface area contributed by atoms with E-state index in [1.165, 1.54) is 77.5 Å². The minimum Gasteiger partial charge on any atom is -0.456 e. The maximum Gasteiger partial charge on any atom is 0.136 e. The molecule has 2 aliphatic carbocycles. The second-order valence-electron chi connectivity index (χ2n) is 18.7. The third-order valence-electron chi connectivity index (χ3n) is 15.2. The fourth-order valence-corrected chi connectivity index (χ4v) is 12.3. The Kier molecular flexibility index (Phi) is 9.06. The van der Waals surface area contributed by atoms with Crippen LogP contribution in [0.3, 0.4) is 0 Å². The number of fused-ring (bicyclic) bond motifs is 8. The van der Waals surface area contributed by atoms with E-state index in [4.69, 9.17) is 4.42 Å². The van der Waals surface area contributed by atoms with Gasteiger partial charge in [0.05, 0.1) is 10.8 Å². The molecule has 0 N–H and O–H groups in total. The summed E-state index contributed by atoms with van der Waals surface area (Å²) in [7, 11) is 0. The van der Waals surface area contributed by atoms with Gasteiger partial charge >= 0.3 is 0 Å². The topological polar surface area (TPSA) is 16.4 Å². The van der Waals surface area contributed by atoms with Crippen molar-refractivity contribution in [3.63, 3.8) is 0 Å². The second-order valence-corrected chi connectivity index (χ2v) is 18.7. The van der Waals surface area contributed by atoms with Crippen LogP contribution in [0.1, 0.15) is 44.5 Å². The molecule has 0 amide bonds. The maximum atomic E-state index is 6.70. The number of nitrogens with zero attached hydrogens (tertiary/aromatic N) is 1. The molecule has 0 bridgehead atoms. The summed E-state index contributed by atoms with van der Waals surface area (Å²) >= 11 is 0. The van der Waals surface area contributed by atoms with Crippen LogP contribution in [0.2, 0.25) is 0 Å². The molecular weight excluding hydrogens is 847 g/mol. The molecule has 1 aromatic heterocycles. The van der Waals surface area contributed by atoms with E-state index in [1.807, 2.05) is 0 Å². The zero-order chi connectivity index (χ0) is 46.2. The Morgan fingerprint density at radius 2 is 0.671 bits per heavy atom. The van der Waals surface area contributed by atoms with Gasteiger partial charge < -0.3 is 9.32 Å². The Bertz CT molecular complexity index is 3680. The molecule has 0 radical (unpaired) electrons. The van der Waals surface area contributed by atoms with Gasteiger partial charge in [-0.1, -0.05) is 224 Å². The van der Waals surface area contributed by atoms with Gasteiger partial charge in [0.15, 0.2) is 0 Å². The summed E-state index contributed by atoms with van der Waals surface area (Å²) in [6.45, 7) is 0. The molecule has 0 spiro atoms. The Labute approximate surface area is 408 Å². The summed E-state index contributed by atoms with van der Waals surface area (Å²) in [6, 6.07) is 100. The number of hydrogen-bond acceptors (Lipinski definition) is 2. The predicted molar refractivity (Wildman–Crippen MR) is 288 cm³/mol. The van der Waals surface area contributed by atoms with Gasteiger partial charge in [-0.3, -0.25) is 0 Å². The number of rotatable bonds is 8. The lowest BCUT2D eigenvalue weighted by atomic mass is 9.67. The fraction of sp³-hybridized carbons (Fsp3) is 0.0294. The molecule has 328 valence electrons. The van der Waals surface area contributed by atoms with E-state index < -0.39 is 10.8 Å². The third kappa shape index (κ3) is 5.80. The van der Waals surface area contributed by atoms with Gasteiger partial charge in [0.2, 0.25) is 0 Å². The van der Waals surface area contributed by atoms with Crippen molar-refractivity contribution in [2.24, 2.45) is 0 Å². The predicted octanol–water partition coefficient (Wildman–Crippen LogP) is 17.4. The minimum atomic E-state index is -0.499. The molecule has 0 saturated heterocycles. The van der Waals surface area contributed by atoms with Gasteiger partial charge in [-0.15, -0.1) is 0 Å². The lowest BCUT2D eigenvalue weighted by Crippen LogP contribution is -2.28. The first-order valence-electron chi connectivity index (χ1n) is 24.2. The SMILES string of the molecule is c1ccc(C2(c3ccccc3)c3ccccc3-c3cc(N(c4ccc5c(c4)-c4ccccc4C5(c4ccccc4)c4ccccc4)c4ccc5oc(-c6cccc7ccccc67)cc5c4)ccc32)cc1. The van der Waals surface area contributed by atoms with Crippen LogP contribution in [0.5, 0.6) is 0 Å². The summed E-state index contributed by atoms with van der Waals surface area (Å²) in [4.78, 5) is 2.45. The monoisotopic (exact) mass is 891 g/mol. The molecule has 0 aliphatic heterocycles. The number of anilines is 3. The summed E-state index contributed by atoms with van der Waals surface area (Å²) in [5.41, 5.74) is 19.2. The first-order valence-corrected chi connectivity index (χ1v) is 24.2. The highest BCUT2D eigenvalue weighted by atomic mass is 16.3. The summed E-state index contributed by atoms with van der Waals surface area (Å²) < 4.78 is 6.70. The van der Waals surface area contributed by atoms with E-state index in [1.54, 1.807) is 0 Å². The zero-order valence-electron chi connectivity index (χ0n) is 38.3. The lowest BCUT2D eigenvalue weighted by Gasteiger charge is -2.34. The number of benzene rings is 11. The summed E-state index contributed by atoms with van der Waals surface area (Å²) in [6.07, 6.45) is 0. The largest absolute Gasteiger partial charge is 0.456 e. The summed E-state index contributed by atoms with van der Waals surface area (Å²) in [5, 5.41) is 3.41. The van der Waals surface area contributed by atoms with Crippen LogP contribution in [0, 0.1) is 0 Å². The molecular formula is C68H45NO. The molecule has 12 aromatic rings. The highest BCUT2D eigenvalue weighted by molar-refractivity contribution is 5.99. The van der Waals surface area contributed by atoms with E-state index in [0.29, 0.717) is 0 Å². The highest BCUT2D eigenvalue weighted by Gasteiger charge is 2.48. The van der Waals surface area contributed by atoms with Gasteiger partial charge in [-0.25, -0.2) is 0 Å². The van der Waals surface area contributed by atoms with Gasteiger partial charge in [0.25, 0.3) is 0 Å². The first-order chi connectivity index (χ1) is 34.7. The van der Waals surface area contributed by atoms with Crippen LogP contribution in [0.25, 0.3) is 55.3 Å². The van der Waals surface area contributed by atoms with Crippen LogP contribution < -0.4 is 4.90 Å². The standard InChI is InChI=1S/C68H45NO/c1-5-22-48(23-6-1)67(49-24-7-2-8-25-49)61-34-17-15-31-56(61)59-44-53(36-39-63(59)67)69(52-38-41-65-47(42-52)43-66(70-65)58-33-19-21-46-20-13-14-30-55(46)58)54-37-40-64-60(45-54)57-32-16-18-35-62(57)68(64,50-26-9-3-10-27-50)51-28-11-4-12-29-51/h1-45H. The van der Waals surface area contributed by atoms with E-state index >= 15 is 0 Å². The number of furan rings is 1. The van der Waals surface area contributed by atoms with Crippen molar-refractivity contribution in [2.45, 2.75) is 10.8 Å². The molecule has 2 aliphatic rings. The van der Waals surface area contributed by atoms with Crippen molar-refractivity contribution in [1.82, 2.24) is 0 Å². The van der Waals surface area contributed by atoms with Crippen LogP contribution in [0.4, 0.5) is 17.1 Å². The molecule has 0 saturated carbocycles. The van der Waals surface area contributed by atoms with E-state index in [0.717, 1.165) is 39.4 Å². The van der Waals surface area contributed by atoms with Crippen LogP contribution in [0.15, 0.2) is 277 Å². The smallest absolute Gasteiger partial charge is 0.136 e. The van der Waals surface area contributed by atoms with Crippen molar-refractivity contribution >= 4 is 38.8 Å². The Hall–Kier alpha value is -8.98. The summed E-state index contributed by atoms with van der Waals surface area (Å²) in [5.74, 6) is 0.857. The highest BCUT2D eigenvalue weighted by Crippen LogP contribution is 2.59. The fourth-order valence-electron chi connectivity index (χ4n) is 12.3. The molecule has 1 heterocycles. The van der Waals surface area contributed by atoms with Crippen molar-refractivity contribution in [1.29, 1.82) is 0 Å². The van der Waals surface area contributed by atoms with Crippen molar-refractivity contribution in [2.75, 3.05) is 4.90 Å². The van der Waals surface area contributed by atoms with E-state index in [9.17, 15) is 0 Å². The van der Waals surface area contributed by atoms with E-state index in [2.05, 4.69) is 278 Å². The van der Waals surface area contributed by atoms with Gasteiger partial charge in [0.1, 0.15) is 11.3 Å². The van der Waals surface area contributed by atoms with Gasteiger partial charge in [0, 0.05) is 28.0 Å². The van der Waals surface area contributed by atoms with Crippen molar-refractivity contribution < 1.29 is 4.42 Å². The second kappa shape index (κ2) is 15.8. The van der Waals surface area contributed by atoms with Crippen molar-refractivity contribution in [3.8, 4) is 33.6 Å². The average molecular weight is 892 g/mol. The van der Waals surface area contributed by atoms with Crippen LogP contribution in [-0.4, -0.2) is 0 Å². The molecule has 2 heteroatoms. The normalized spacial score (nSPS) is 13.7. The van der Waals surface area contributed by atoms with Crippen LogP contribution in [-0.2, 0) is 10.8 Å². The molecule has 11 aromatic carbocycles. The molecule has 70 heavy (non-hydrogen) atoms. The molecule has 14 rings (SSSR count). The average Bonchev–Trinajstić information content (AvgIpc) is 4.09. The van der Waals surface area contributed by atoms with Crippen LogP contribution >= 0.6 is 0 Å². The number of hydrogen-bond donors (Lipinski definition) is 0. The molecule has 2 nitrogen and oxygen atoms in total. The van der Waals surface area contributed by atoms with Gasteiger partial charge in [-0.2, -0.15) is 0 Å². The molecule has 0 atom stereocenters. The quantitative estimate of drug-likeness (QED) is 0.151. The third-order valence-corrected chi connectivity index (χ3v) is 15.2. The minimum absolute atomic E-state index is 0.499. The molecule has 0 unspecified atom stereocenters. The Morgan fingerprint density at radius 3 is 1.20 bits per heavy atom. The van der Waals surface area contributed by atoms with Crippen molar-refractivity contribution in [3.05, 3.63) is 317 Å². The first kappa shape index (κ1) is 40.1. The molecule has 0 fully saturated rings. The van der Waals surface area contributed by atoms with E-state index in [-0.39, 0.29) is 0 Å². The lowest BCUT2D eigenvalue weighted by molar-refractivity contribution is 0.632. The zero-order valence-corrected chi connectivity index (χ0v) is 38.3. The Morgan fingerprint density at radius 1 is 0.271 bits per heavy atom. The van der Waals surface area contributed by atoms with Gasteiger partial charge in [-0.05, 0) is 126 Å². The maximum absolute atomic E-state index is 6.70.